The fourth-order valence-corrected chi connectivity index (χ4v) is 3.83. The highest BCUT2D eigenvalue weighted by molar-refractivity contribution is 7.99. The lowest BCUT2D eigenvalue weighted by Gasteiger charge is -2.13. The standard InChI is InChI=1S/C25H26N2O2S/c1-18(2)22-10-6-7-11-23(22)27-24(28)17-30-16-19-12-14-20(15-13-19)25(29)26-21-8-4-3-5-9-21/h3-15,18H,16-17H2,1-2H3,(H,26,29)(H,27,28). The van der Waals surface area contributed by atoms with Crippen molar-refractivity contribution in [3.8, 4) is 0 Å². The highest BCUT2D eigenvalue weighted by atomic mass is 32.2. The molecule has 0 aliphatic heterocycles. The molecule has 4 nitrogen and oxygen atoms in total. The van der Waals surface area contributed by atoms with E-state index in [4.69, 9.17) is 0 Å². The van der Waals surface area contributed by atoms with Crippen molar-refractivity contribution in [2.75, 3.05) is 16.4 Å². The number of carbonyl (C=O) groups is 2. The number of para-hydroxylation sites is 2. The van der Waals surface area contributed by atoms with Gasteiger partial charge in [-0.1, -0.05) is 62.4 Å². The summed E-state index contributed by atoms with van der Waals surface area (Å²) in [7, 11) is 0. The predicted octanol–water partition coefficient (Wildman–Crippen LogP) is 5.93. The lowest BCUT2D eigenvalue weighted by Crippen LogP contribution is -2.15. The molecule has 0 spiro atoms. The molecule has 0 aliphatic carbocycles. The van der Waals surface area contributed by atoms with E-state index in [2.05, 4.69) is 24.5 Å². The molecule has 3 aromatic rings. The van der Waals surface area contributed by atoms with E-state index in [1.54, 1.807) is 11.8 Å². The van der Waals surface area contributed by atoms with Gasteiger partial charge in [0, 0.05) is 22.7 Å². The summed E-state index contributed by atoms with van der Waals surface area (Å²) in [6, 6.07) is 24.8. The van der Waals surface area contributed by atoms with Crippen LogP contribution in [0.25, 0.3) is 0 Å². The smallest absolute Gasteiger partial charge is 0.255 e. The Morgan fingerprint density at radius 3 is 2.20 bits per heavy atom. The second-order valence-electron chi connectivity index (χ2n) is 7.30. The third kappa shape index (κ3) is 6.22. The van der Waals surface area contributed by atoms with E-state index in [0.29, 0.717) is 23.0 Å². The summed E-state index contributed by atoms with van der Waals surface area (Å²) in [4.78, 5) is 24.6. The monoisotopic (exact) mass is 418 g/mol. The molecule has 2 N–H and O–H groups in total. The number of nitrogens with one attached hydrogen (secondary N) is 2. The van der Waals surface area contributed by atoms with Gasteiger partial charge in [-0.05, 0) is 47.4 Å². The molecule has 0 saturated carbocycles. The molecule has 3 aromatic carbocycles. The first-order chi connectivity index (χ1) is 14.5. The van der Waals surface area contributed by atoms with Crippen LogP contribution in [0.4, 0.5) is 11.4 Å². The molecule has 0 fully saturated rings. The van der Waals surface area contributed by atoms with Crippen LogP contribution in [0.5, 0.6) is 0 Å². The molecule has 0 aromatic heterocycles. The maximum Gasteiger partial charge on any atom is 0.255 e. The Morgan fingerprint density at radius 1 is 0.833 bits per heavy atom. The van der Waals surface area contributed by atoms with Gasteiger partial charge in [0.2, 0.25) is 5.91 Å². The molecule has 0 aliphatic rings. The summed E-state index contributed by atoms with van der Waals surface area (Å²) in [5.74, 6) is 1.30. The molecule has 0 atom stereocenters. The quantitative estimate of drug-likeness (QED) is 0.476. The van der Waals surface area contributed by atoms with Crippen LogP contribution in [0.3, 0.4) is 0 Å². The molecule has 0 heterocycles. The van der Waals surface area contributed by atoms with Crippen LogP contribution >= 0.6 is 11.8 Å². The average molecular weight is 419 g/mol. The summed E-state index contributed by atoms with van der Waals surface area (Å²) >= 11 is 1.55. The van der Waals surface area contributed by atoms with E-state index < -0.39 is 0 Å². The molecule has 2 amide bonds. The van der Waals surface area contributed by atoms with Gasteiger partial charge >= 0.3 is 0 Å². The van der Waals surface area contributed by atoms with E-state index in [-0.39, 0.29) is 11.8 Å². The molecular weight excluding hydrogens is 392 g/mol. The van der Waals surface area contributed by atoms with Gasteiger partial charge in [0.05, 0.1) is 5.75 Å². The lowest BCUT2D eigenvalue weighted by atomic mass is 10.0. The normalized spacial score (nSPS) is 10.6. The molecule has 0 bridgehead atoms. The first-order valence-electron chi connectivity index (χ1n) is 9.95. The number of anilines is 2. The lowest BCUT2D eigenvalue weighted by molar-refractivity contribution is -0.113. The number of thioether (sulfide) groups is 1. The summed E-state index contributed by atoms with van der Waals surface area (Å²) in [5.41, 5.74) is 4.47. The van der Waals surface area contributed by atoms with Gasteiger partial charge in [0.1, 0.15) is 0 Å². The number of carbonyl (C=O) groups excluding carboxylic acids is 2. The van der Waals surface area contributed by atoms with Crippen molar-refractivity contribution < 1.29 is 9.59 Å². The average Bonchev–Trinajstić information content (AvgIpc) is 2.75. The molecule has 0 radical (unpaired) electrons. The van der Waals surface area contributed by atoms with Gasteiger partial charge in [-0.25, -0.2) is 0 Å². The Hall–Kier alpha value is -3.05. The molecule has 30 heavy (non-hydrogen) atoms. The van der Waals surface area contributed by atoms with Crippen LogP contribution in [0.15, 0.2) is 78.9 Å². The Morgan fingerprint density at radius 2 is 1.50 bits per heavy atom. The van der Waals surface area contributed by atoms with E-state index in [9.17, 15) is 9.59 Å². The topological polar surface area (TPSA) is 58.2 Å². The summed E-state index contributed by atoms with van der Waals surface area (Å²) in [5, 5.41) is 5.89. The Labute approximate surface area is 182 Å². The van der Waals surface area contributed by atoms with Crippen LogP contribution in [0, 0.1) is 0 Å². The first kappa shape index (κ1) is 21.7. The zero-order valence-electron chi connectivity index (χ0n) is 17.2. The fraction of sp³-hybridized carbons (Fsp3) is 0.200. The van der Waals surface area contributed by atoms with Gasteiger partial charge in [-0.2, -0.15) is 0 Å². The van der Waals surface area contributed by atoms with Gasteiger partial charge in [-0.15, -0.1) is 11.8 Å². The number of benzene rings is 3. The van der Waals surface area contributed by atoms with Crippen molar-refractivity contribution in [3.63, 3.8) is 0 Å². The third-order valence-electron chi connectivity index (χ3n) is 4.61. The van der Waals surface area contributed by atoms with Crippen molar-refractivity contribution in [2.24, 2.45) is 0 Å². The molecule has 5 heteroatoms. The third-order valence-corrected chi connectivity index (χ3v) is 5.61. The Balaban J connectivity index is 1.47. The van der Waals surface area contributed by atoms with E-state index in [1.165, 1.54) is 0 Å². The van der Waals surface area contributed by atoms with Gasteiger partial charge in [0.15, 0.2) is 0 Å². The first-order valence-corrected chi connectivity index (χ1v) is 11.1. The number of hydrogen-bond acceptors (Lipinski definition) is 3. The van der Waals surface area contributed by atoms with Crippen LogP contribution in [0.1, 0.15) is 41.3 Å². The minimum absolute atomic E-state index is 0.00745. The highest BCUT2D eigenvalue weighted by Gasteiger charge is 2.10. The molecule has 154 valence electrons. The SMILES string of the molecule is CC(C)c1ccccc1NC(=O)CSCc1ccc(C(=O)Nc2ccccc2)cc1. The van der Waals surface area contributed by atoms with Gasteiger partial charge in [0.25, 0.3) is 5.91 Å². The van der Waals surface area contributed by atoms with E-state index in [1.807, 2.05) is 78.9 Å². The molecular formula is C25H26N2O2S. The Kier molecular flexibility index (Phi) is 7.69. The van der Waals surface area contributed by atoms with Crippen LogP contribution in [-0.2, 0) is 10.5 Å². The number of rotatable bonds is 8. The summed E-state index contributed by atoms with van der Waals surface area (Å²) < 4.78 is 0. The van der Waals surface area contributed by atoms with Crippen molar-refractivity contribution in [1.82, 2.24) is 0 Å². The largest absolute Gasteiger partial charge is 0.325 e. The molecule has 0 saturated heterocycles. The van der Waals surface area contributed by atoms with Crippen LogP contribution in [-0.4, -0.2) is 17.6 Å². The Bertz CT molecular complexity index is 986. The van der Waals surface area contributed by atoms with Crippen molar-refractivity contribution in [1.29, 1.82) is 0 Å². The highest BCUT2D eigenvalue weighted by Crippen LogP contribution is 2.24. The van der Waals surface area contributed by atoms with E-state index >= 15 is 0 Å². The minimum atomic E-state index is -0.136. The van der Waals surface area contributed by atoms with Gasteiger partial charge < -0.3 is 10.6 Å². The maximum atomic E-state index is 12.3. The zero-order chi connectivity index (χ0) is 21.3. The maximum absolute atomic E-state index is 12.3. The van der Waals surface area contributed by atoms with Crippen molar-refractivity contribution in [3.05, 3.63) is 95.6 Å². The fourth-order valence-electron chi connectivity index (χ4n) is 3.04. The zero-order valence-corrected chi connectivity index (χ0v) is 18.0. The molecule has 0 unspecified atom stereocenters. The van der Waals surface area contributed by atoms with Crippen molar-refractivity contribution >= 4 is 35.0 Å². The summed E-state index contributed by atoms with van der Waals surface area (Å²) in [6.07, 6.45) is 0. The summed E-state index contributed by atoms with van der Waals surface area (Å²) in [6.45, 7) is 4.23. The van der Waals surface area contributed by atoms with Crippen molar-refractivity contribution in [2.45, 2.75) is 25.5 Å². The number of hydrogen-bond donors (Lipinski definition) is 2. The van der Waals surface area contributed by atoms with Gasteiger partial charge in [-0.3, -0.25) is 9.59 Å². The van der Waals surface area contributed by atoms with Crippen LogP contribution < -0.4 is 10.6 Å². The second-order valence-corrected chi connectivity index (χ2v) is 8.29. The minimum Gasteiger partial charge on any atom is -0.325 e. The molecule has 3 rings (SSSR count). The van der Waals surface area contributed by atoms with Crippen LogP contribution in [0.2, 0.25) is 0 Å². The number of amides is 2. The predicted molar refractivity (Wildman–Crippen MR) is 126 cm³/mol. The second kappa shape index (κ2) is 10.6. The van der Waals surface area contributed by atoms with E-state index in [0.717, 1.165) is 22.5 Å².